The number of ether oxygens (including phenoxy) is 1. The molecule has 0 aliphatic carbocycles. The van der Waals surface area contributed by atoms with Gasteiger partial charge in [-0.3, -0.25) is 13.7 Å². The Balaban J connectivity index is 1.09. The second-order valence-electron chi connectivity index (χ2n) is 22.7. The number of para-hydroxylation sites is 1. The van der Waals surface area contributed by atoms with Crippen LogP contribution in [-0.4, -0.2) is 14.1 Å². The molecule has 0 aliphatic heterocycles. The number of fused-ring (bicyclic) bond motifs is 4. The van der Waals surface area contributed by atoms with E-state index in [9.17, 15) is 2.74 Å². The molecule has 0 aliphatic rings. The Morgan fingerprint density at radius 1 is 0.500 bits per heavy atom. The minimum absolute atomic E-state index is 0.109. The van der Waals surface area contributed by atoms with E-state index in [0.717, 1.165) is 33.0 Å². The van der Waals surface area contributed by atoms with Crippen molar-refractivity contribution in [2.24, 2.45) is 0 Å². The molecule has 0 atom stereocenters. The number of imidazole rings is 1. The van der Waals surface area contributed by atoms with Crippen molar-refractivity contribution >= 4 is 32.8 Å². The van der Waals surface area contributed by atoms with Gasteiger partial charge in [-0.05, 0) is 139 Å². The zero-order chi connectivity index (χ0) is 69.6. The number of nitrogens with zero attached hydrogens (tertiary/aromatic N) is 4. The van der Waals surface area contributed by atoms with E-state index in [0.29, 0.717) is 50.5 Å². The van der Waals surface area contributed by atoms with Crippen molar-refractivity contribution in [3.63, 3.8) is 0 Å². The fraction of sp³-hybridized carbons (Fsp3) is 0.178. The van der Waals surface area contributed by atoms with Gasteiger partial charge < -0.3 is 4.74 Å². The molecule has 78 heavy (non-hydrogen) atoms. The Morgan fingerprint density at radius 3 is 1.79 bits per heavy atom. The summed E-state index contributed by atoms with van der Waals surface area (Å²) < 4.78 is 170. The average molecular weight is 1030 g/mol. The molecule has 0 radical (unpaired) electrons. The van der Waals surface area contributed by atoms with Crippen molar-refractivity contribution in [3.05, 3.63) is 247 Å². The van der Waals surface area contributed by atoms with Crippen molar-refractivity contribution < 1.29 is 34.0 Å². The molecule has 0 saturated heterocycles. The highest BCUT2D eigenvalue weighted by atomic mass is 16.5. The van der Waals surface area contributed by atoms with Gasteiger partial charge in [0.2, 0.25) is 0 Å². The van der Waals surface area contributed by atoms with Gasteiger partial charge in [0.05, 0.1) is 54.0 Å². The van der Waals surface area contributed by atoms with Crippen LogP contribution in [0.2, 0.25) is 0 Å². The molecule has 12 rings (SSSR count). The highest BCUT2D eigenvalue weighted by Gasteiger charge is 2.28. The summed E-state index contributed by atoms with van der Waals surface area (Å²) in [6, 6.07) is 29.1. The molecular formula is C73H66N4O. The van der Waals surface area contributed by atoms with E-state index in [1.54, 1.807) is 27.3 Å². The average Bonchev–Trinajstić information content (AvgIpc) is 1.36. The van der Waals surface area contributed by atoms with Gasteiger partial charge >= 0.3 is 0 Å². The van der Waals surface area contributed by atoms with Crippen LogP contribution in [0.3, 0.4) is 0 Å². The van der Waals surface area contributed by atoms with E-state index >= 15 is 0 Å². The Hall–Kier alpha value is -8.80. The maximum Gasteiger partial charge on any atom is 0.269 e. The Labute approximate surface area is 485 Å². The fourth-order valence-corrected chi connectivity index (χ4v) is 10.1. The molecule has 0 spiro atoms. The van der Waals surface area contributed by atoms with Crippen molar-refractivity contribution in [2.75, 3.05) is 0 Å². The molecule has 384 valence electrons. The first kappa shape index (κ1) is 33.4. The molecule has 0 bridgehead atoms. The predicted molar refractivity (Wildman–Crippen MR) is 325 cm³/mol. The summed E-state index contributed by atoms with van der Waals surface area (Å²) in [6.07, 6.45) is 4.88. The number of pyridine rings is 1. The van der Waals surface area contributed by atoms with E-state index < -0.39 is 103 Å². The van der Waals surface area contributed by atoms with Crippen molar-refractivity contribution in [1.29, 1.82) is 0 Å². The van der Waals surface area contributed by atoms with E-state index in [-0.39, 0.29) is 55.6 Å². The van der Waals surface area contributed by atoms with E-state index in [4.69, 9.17) is 31.7 Å². The molecule has 5 heteroatoms. The number of aromatic nitrogens is 4. The SMILES string of the molecule is [2H]c1c([2H])c([2H])c(-c2cc(-c3c([2H])c([2H])c([2H])c([2H])c3[2H])c(-[n+]3[c-]n(-c4cccc(Oc5ccc6c7ccccc7n(-c7cc(C([2H])([2H])[2H])c(-c8c([2H])c([2H])c([2H])c([2H])c8[2H])cn7)c6c5)c4)c4cc(-c5cc(C(C)(C)C)cc(C(C)(C)C)c5)ccc43)c(C(C)(C)C)c2)c([2H])c1[2H]. The summed E-state index contributed by atoms with van der Waals surface area (Å²) in [5, 5.41) is 1.58. The molecule has 0 N–H and O–H groups in total. The predicted octanol–water partition coefficient (Wildman–Crippen LogP) is 18.9. The summed E-state index contributed by atoms with van der Waals surface area (Å²) in [7, 11) is 0. The van der Waals surface area contributed by atoms with Gasteiger partial charge in [-0.25, -0.2) is 4.98 Å². The maximum absolute atomic E-state index is 9.48. The van der Waals surface area contributed by atoms with Crippen LogP contribution < -0.4 is 9.30 Å². The molecule has 0 fully saturated rings. The topological polar surface area (TPSA) is 35.9 Å². The van der Waals surface area contributed by atoms with Crippen LogP contribution in [0.15, 0.2) is 218 Å². The minimum atomic E-state index is -2.83. The molecule has 0 amide bonds. The third kappa shape index (κ3) is 9.38. The zero-order valence-corrected chi connectivity index (χ0v) is 44.8. The number of benzene rings is 9. The van der Waals surface area contributed by atoms with Gasteiger partial charge in [-0.2, -0.15) is 0 Å². The van der Waals surface area contributed by atoms with E-state index in [1.807, 2.05) is 92.1 Å². The van der Waals surface area contributed by atoms with Crippen LogP contribution in [0.1, 0.15) is 109 Å². The van der Waals surface area contributed by atoms with Gasteiger partial charge in [0.15, 0.2) is 0 Å². The summed E-state index contributed by atoms with van der Waals surface area (Å²) in [5.41, 5.74) is 5.86. The lowest BCUT2D eigenvalue weighted by atomic mass is 9.79. The quantitative estimate of drug-likeness (QED) is 0.107. The molecule has 5 nitrogen and oxygen atoms in total. The van der Waals surface area contributed by atoms with Crippen LogP contribution in [0, 0.1) is 13.2 Å². The summed E-state index contributed by atoms with van der Waals surface area (Å²) in [5.74, 6) is 0.932. The van der Waals surface area contributed by atoms with Gasteiger partial charge in [-0.15, -0.1) is 0 Å². The number of rotatable bonds is 9. The molecule has 3 aromatic heterocycles. The van der Waals surface area contributed by atoms with Gasteiger partial charge in [-0.1, -0.05) is 214 Å². The number of aryl methyl sites for hydroxylation is 1. The molecule has 3 heterocycles. The normalized spacial score (nSPS) is 15.7. The molecular weight excluding hydrogens is 949 g/mol. The summed E-state index contributed by atoms with van der Waals surface area (Å²) in [6.45, 7) is 16.0. The third-order valence-corrected chi connectivity index (χ3v) is 14.2. The Bertz CT molecular complexity index is 5160. The van der Waals surface area contributed by atoms with Gasteiger partial charge in [0.25, 0.3) is 6.33 Å². The van der Waals surface area contributed by atoms with Crippen molar-refractivity contribution in [1.82, 2.24) is 14.1 Å². The maximum atomic E-state index is 9.48. The Morgan fingerprint density at radius 2 is 1.13 bits per heavy atom. The fourth-order valence-electron chi connectivity index (χ4n) is 10.1. The lowest BCUT2D eigenvalue weighted by Gasteiger charge is -2.27. The zero-order valence-electron chi connectivity index (χ0n) is 62.8. The first-order chi connectivity index (χ1) is 44.9. The van der Waals surface area contributed by atoms with Gasteiger partial charge in [0.1, 0.15) is 17.3 Å². The number of hydrogen-bond donors (Lipinski definition) is 0. The largest absolute Gasteiger partial charge is 0.458 e. The molecule has 0 saturated carbocycles. The molecule has 0 unspecified atom stereocenters. The third-order valence-electron chi connectivity index (χ3n) is 14.2. The van der Waals surface area contributed by atoms with Crippen molar-refractivity contribution in [2.45, 2.75) is 85.4 Å². The van der Waals surface area contributed by atoms with Crippen molar-refractivity contribution in [3.8, 4) is 73.2 Å². The molecule has 9 aromatic carbocycles. The van der Waals surface area contributed by atoms with Crippen LogP contribution in [0.4, 0.5) is 0 Å². The van der Waals surface area contributed by atoms with Crippen LogP contribution in [0.25, 0.3) is 94.5 Å². The first-order valence-corrected chi connectivity index (χ1v) is 25.8. The van der Waals surface area contributed by atoms with Crippen LogP contribution in [0.5, 0.6) is 11.5 Å². The standard InChI is InChI=1S/C73H66N4O/c1-48-37-69(74-46-63(48)51-27-18-13-19-28-51)77-65-32-21-20-31-60(65)61-35-34-59(45-67(61)77)78-58-30-22-29-57(44-58)75-47-76(66-36-33-52(42-68(66)75)53-38-55(71(2,3)4)43-56(39-53)72(5,6)7)70-62(50-25-16-12-17-26-50)40-54(41-64(70)73(8,9)10)49-23-14-11-15-24-49/h11-46H,1-10H3/i1D3,11D,12D,13D,14D,15D,16D,17D,18D,19D,23D,24D,25D,26D,27D,28D. The van der Waals surface area contributed by atoms with Gasteiger partial charge in [0, 0.05) is 32.7 Å². The van der Waals surface area contributed by atoms with E-state index in [2.05, 4.69) is 72.1 Å². The molecule has 12 aromatic rings. The summed E-state index contributed by atoms with van der Waals surface area (Å²) in [4.78, 5) is 4.74. The summed E-state index contributed by atoms with van der Waals surface area (Å²) >= 11 is 0. The lowest BCUT2D eigenvalue weighted by molar-refractivity contribution is -0.572. The van der Waals surface area contributed by atoms with Crippen LogP contribution in [-0.2, 0) is 16.2 Å². The second kappa shape index (κ2) is 19.3. The minimum Gasteiger partial charge on any atom is -0.458 e. The lowest BCUT2D eigenvalue weighted by Crippen LogP contribution is -2.34. The second-order valence-corrected chi connectivity index (χ2v) is 22.7. The smallest absolute Gasteiger partial charge is 0.269 e. The highest BCUT2D eigenvalue weighted by molar-refractivity contribution is 6.09. The highest BCUT2D eigenvalue weighted by Crippen LogP contribution is 2.42. The monoisotopic (exact) mass is 1030 g/mol. The number of hydrogen-bond acceptors (Lipinski definition) is 2. The van der Waals surface area contributed by atoms with Crippen LogP contribution >= 0.6 is 0 Å². The van der Waals surface area contributed by atoms with E-state index in [1.165, 1.54) is 18.3 Å². The Kier molecular flexibility index (Phi) is 8.27. The first-order valence-electron chi connectivity index (χ1n) is 34.8.